The van der Waals surface area contributed by atoms with Gasteiger partial charge in [-0.1, -0.05) is 0 Å². The second kappa shape index (κ2) is 6.10. The largest absolute Gasteiger partial charge is 0.381 e. The molecule has 0 aromatic rings. The molecule has 3 amide bonds. The molecule has 1 aliphatic heterocycles. The second-order valence-corrected chi connectivity index (χ2v) is 6.19. The molecule has 1 saturated heterocycles. The summed E-state index contributed by atoms with van der Waals surface area (Å²) in [5.41, 5.74) is 0. The average Bonchev–Trinajstić information content (AvgIpc) is 3.31. The minimum Gasteiger partial charge on any atom is -0.381 e. The minimum atomic E-state index is -0.350. The van der Waals surface area contributed by atoms with Gasteiger partial charge in [-0.3, -0.25) is 15.0 Å². The van der Waals surface area contributed by atoms with Crippen molar-refractivity contribution in [2.75, 3.05) is 26.3 Å². The Balaban J connectivity index is 1.42. The van der Waals surface area contributed by atoms with Gasteiger partial charge in [-0.05, 0) is 38.0 Å². The highest BCUT2D eigenvalue weighted by atomic mass is 16.5. The molecular formula is C14H23N3O3. The normalized spacial score (nSPS) is 25.8. The standard InChI is InChI=1S/C14H23N3O3/c18-13(16-14(19)15-11-1-2-11)8-17(12-3-4-12)7-10-5-6-20-9-10/h10-12H,1-9H2,(H2,15,16,18,19)/t10-/m1/s1. The Labute approximate surface area is 119 Å². The predicted molar refractivity (Wildman–Crippen MR) is 73.2 cm³/mol. The van der Waals surface area contributed by atoms with Crippen molar-refractivity contribution in [2.45, 2.75) is 44.2 Å². The summed E-state index contributed by atoms with van der Waals surface area (Å²) < 4.78 is 5.39. The van der Waals surface area contributed by atoms with Crippen LogP contribution >= 0.6 is 0 Å². The molecule has 0 unspecified atom stereocenters. The van der Waals surface area contributed by atoms with Crippen LogP contribution in [0.15, 0.2) is 0 Å². The highest BCUT2D eigenvalue weighted by Gasteiger charge is 2.33. The van der Waals surface area contributed by atoms with Crippen LogP contribution in [0.1, 0.15) is 32.1 Å². The molecular weight excluding hydrogens is 258 g/mol. The van der Waals surface area contributed by atoms with Crippen molar-refractivity contribution in [1.29, 1.82) is 0 Å². The van der Waals surface area contributed by atoms with E-state index in [0.717, 1.165) is 51.9 Å². The Hall–Kier alpha value is -1.14. The van der Waals surface area contributed by atoms with Gasteiger partial charge >= 0.3 is 6.03 Å². The molecule has 6 heteroatoms. The van der Waals surface area contributed by atoms with Crippen LogP contribution in [-0.2, 0) is 9.53 Å². The number of carbonyl (C=O) groups excluding carboxylic acids is 2. The van der Waals surface area contributed by atoms with E-state index in [0.29, 0.717) is 18.5 Å². The van der Waals surface area contributed by atoms with E-state index in [1.54, 1.807) is 0 Å². The molecule has 3 fully saturated rings. The summed E-state index contributed by atoms with van der Waals surface area (Å²) in [4.78, 5) is 25.7. The summed E-state index contributed by atoms with van der Waals surface area (Å²) in [6.45, 7) is 2.85. The third-order valence-electron chi connectivity index (χ3n) is 4.09. The molecule has 2 aliphatic carbocycles. The van der Waals surface area contributed by atoms with Gasteiger partial charge in [-0.15, -0.1) is 0 Å². The zero-order valence-electron chi connectivity index (χ0n) is 11.8. The first-order chi connectivity index (χ1) is 9.70. The number of ether oxygens (including phenoxy) is 1. The van der Waals surface area contributed by atoms with Crippen LogP contribution in [0.5, 0.6) is 0 Å². The summed E-state index contributed by atoms with van der Waals surface area (Å²) >= 11 is 0. The number of hydrogen-bond acceptors (Lipinski definition) is 4. The third-order valence-corrected chi connectivity index (χ3v) is 4.09. The van der Waals surface area contributed by atoms with E-state index in [9.17, 15) is 9.59 Å². The van der Waals surface area contributed by atoms with Crippen molar-refractivity contribution in [3.63, 3.8) is 0 Å². The van der Waals surface area contributed by atoms with Crippen molar-refractivity contribution < 1.29 is 14.3 Å². The molecule has 2 saturated carbocycles. The molecule has 1 heterocycles. The number of nitrogens with zero attached hydrogens (tertiary/aromatic N) is 1. The van der Waals surface area contributed by atoms with Gasteiger partial charge in [0.1, 0.15) is 0 Å². The molecule has 0 aromatic heterocycles. The molecule has 0 radical (unpaired) electrons. The fraction of sp³-hybridized carbons (Fsp3) is 0.857. The van der Waals surface area contributed by atoms with E-state index in [4.69, 9.17) is 4.74 Å². The molecule has 1 atom stereocenters. The van der Waals surface area contributed by atoms with Gasteiger partial charge in [-0.25, -0.2) is 4.79 Å². The zero-order chi connectivity index (χ0) is 13.9. The van der Waals surface area contributed by atoms with E-state index >= 15 is 0 Å². The van der Waals surface area contributed by atoms with Crippen molar-refractivity contribution in [3.05, 3.63) is 0 Å². The molecule has 20 heavy (non-hydrogen) atoms. The van der Waals surface area contributed by atoms with Gasteiger partial charge in [0.05, 0.1) is 13.2 Å². The maximum Gasteiger partial charge on any atom is 0.321 e. The Morgan fingerprint density at radius 3 is 2.55 bits per heavy atom. The molecule has 112 valence electrons. The van der Waals surface area contributed by atoms with Crippen molar-refractivity contribution in [2.24, 2.45) is 5.92 Å². The maximum absolute atomic E-state index is 11.9. The monoisotopic (exact) mass is 281 g/mol. The second-order valence-electron chi connectivity index (χ2n) is 6.19. The van der Waals surface area contributed by atoms with Gasteiger partial charge < -0.3 is 10.1 Å². The molecule has 3 aliphatic rings. The number of nitrogens with one attached hydrogen (secondary N) is 2. The maximum atomic E-state index is 11.9. The van der Waals surface area contributed by atoms with E-state index in [1.165, 1.54) is 0 Å². The van der Waals surface area contributed by atoms with Gasteiger partial charge in [0.15, 0.2) is 0 Å². The Morgan fingerprint density at radius 2 is 1.95 bits per heavy atom. The molecule has 2 N–H and O–H groups in total. The number of urea groups is 1. The summed E-state index contributed by atoms with van der Waals surface area (Å²) in [5.74, 6) is 0.331. The van der Waals surface area contributed by atoms with Crippen molar-refractivity contribution in [1.82, 2.24) is 15.5 Å². The van der Waals surface area contributed by atoms with E-state index in [2.05, 4.69) is 15.5 Å². The predicted octanol–water partition coefficient (Wildman–Crippen LogP) is 0.476. The highest BCUT2D eigenvalue weighted by molar-refractivity contribution is 5.95. The Kier molecular flexibility index (Phi) is 4.21. The lowest BCUT2D eigenvalue weighted by Gasteiger charge is -2.23. The lowest BCUT2D eigenvalue weighted by molar-refractivity contribution is -0.121. The van der Waals surface area contributed by atoms with Crippen molar-refractivity contribution in [3.8, 4) is 0 Å². The van der Waals surface area contributed by atoms with Gasteiger partial charge in [0.2, 0.25) is 5.91 Å². The van der Waals surface area contributed by atoms with Gasteiger partial charge in [-0.2, -0.15) is 0 Å². The fourth-order valence-corrected chi connectivity index (χ4v) is 2.64. The summed E-state index contributed by atoms with van der Waals surface area (Å²) in [6, 6.07) is 0.447. The van der Waals surface area contributed by atoms with Crippen LogP contribution in [0.25, 0.3) is 0 Å². The van der Waals surface area contributed by atoms with Gasteiger partial charge in [0.25, 0.3) is 0 Å². The highest BCUT2D eigenvalue weighted by Crippen LogP contribution is 2.28. The van der Waals surface area contributed by atoms with Crippen LogP contribution in [0, 0.1) is 5.92 Å². The topological polar surface area (TPSA) is 70.7 Å². The van der Waals surface area contributed by atoms with Gasteiger partial charge in [0, 0.05) is 25.2 Å². The SMILES string of the molecule is O=C(CN(C[C@H]1CCOC1)C1CC1)NC(=O)NC1CC1. The van der Waals surface area contributed by atoms with Crippen LogP contribution < -0.4 is 10.6 Å². The first-order valence-corrected chi connectivity index (χ1v) is 7.63. The lowest BCUT2D eigenvalue weighted by Crippen LogP contribution is -2.46. The molecule has 3 rings (SSSR count). The molecule has 0 aromatic carbocycles. The van der Waals surface area contributed by atoms with Crippen molar-refractivity contribution >= 4 is 11.9 Å². The number of carbonyl (C=O) groups is 2. The summed E-state index contributed by atoms with van der Waals surface area (Å²) in [6.07, 6.45) is 5.45. The molecule has 0 bridgehead atoms. The first kappa shape index (κ1) is 13.8. The number of imide groups is 1. The van der Waals surface area contributed by atoms with Crippen LogP contribution in [0.3, 0.4) is 0 Å². The smallest absolute Gasteiger partial charge is 0.321 e. The van der Waals surface area contributed by atoms with E-state index in [1.807, 2.05) is 0 Å². The average molecular weight is 281 g/mol. The summed E-state index contributed by atoms with van der Waals surface area (Å²) in [7, 11) is 0. The minimum absolute atomic E-state index is 0.200. The summed E-state index contributed by atoms with van der Waals surface area (Å²) in [5, 5.41) is 5.19. The van der Waals surface area contributed by atoms with Crippen LogP contribution in [-0.4, -0.2) is 55.2 Å². The molecule has 6 nitrogen and oxygen atoms in total. The fourth-order valence-electron chi connectivity index (χ4n) is 2.64. The zero-order valence-corrected chi connectivity index (χ0v) is 11.8. The van der Waals surface area contributed by atoms with Crippen LogP contribution in [0.4, 0.5) is 4.79 Å². The number of amides is 3. The lowest BCUT2D eigenvalue weighted by atomic mass is 10.1. The Morgan fingerprint density at radius 1 is 1.15 bits per heavy atom. The van der Waals surface area contributed by atoms with E-state index < -0.39 is 0 Å². The first-order valence-electron chi connectivity index (χ1n) is 7.63. The van der Waals surface area contributed by atoms with Crippen LogP contribution in [0.2, 0.25) is 0 Å². The Bertz CT molecular complexity index is 374. The number of rotatable bonds is 6. The molecule has 0 spiro atoms. The van der Waals surface area contributed by atoms with E-state index in [-0.39, 0.29) is 18.0 Å². The quantitative estimate of drug-likeness (QED) is 0.743. The number of hydrogen-bond donors (Lipinski definition) is 2. The third kappa shape index (κ3) is 4.18.